The molecule has 8 heteroatoms. The Hall–Kier alpha value is -2.60. The highest BCUT2D eigenvalue weighted by Crippen LogP contribution is 2.34. The van der Waals surface area contributed by atoms with Crippen LogP contribution in [0.2, 0.25) is 0 Å². The maximum Gasteiger partial charge on any atom is 0.238 e. The van der Waals surface area contributed by atoms with Gasteiger partial charge in [-0.25, -0.2) is 22.9 Å². The lowest BCUT2D eigenvalue weighted by Crippen LogP contribution is -2.11. The number of nitrogens with zero attached hydrogens (tertiary/aromatic N) is 2. The third-order valence-corrected chi connectivity index (χ3v) is 5.24. The molecule has 5 nitrogen and oxygen atoms in total. The number of primary sulfonamides is 1. The topological polar surface area (TPSA) is 96.8 Å². The molecule has 1 heterocycles. The minimum absolute atomic E-state index is 0.0184. The molecule has 0 unspecified atom stereocenters. The van der Waals surface area contributed by atoms with Crippen molar-refractivity contribution in [3.63, 3.8) is 0 Å². The Morgan fingerprint density at radius 1 is 1.04 bits per heavy atom. The van der Waals surface area contributed by atoms with Crippen LogP contribution in [-0.4, -0.2) is 13.4 Å². The number of sulfonamides is 1. The first-order valence-electron chi connectivity index (χ1n) is 7.29. The fourth-order valence-corrected chi connectivity index (χ4v) is 3.34. The summed E-state index contributed by atoms with van der Waals surface area (Å²) in [5, 5.41) is 14.4. The number of benzene rings is 2. The summed E-state index contributed by atoms with van der Waals surface area (Å²) in [6.07, 6.45) is 0. The summed E-state index contributed by atoms with van der Waals surface area (Å²) in [5.41, 5.74) is 2.76. The molecule has 130 valence electrons. The molecule has 0 saturated carbocycles. The van der Waals surface area contributed by atoms with Gasteiger partial charge in [-0.2, -0.15) is 5.26 Å². The van der Waals surface area contributed by atoms with Crippen LogP contribution in [0.4, 0.5) is 4.39 Å². The Morgan fingerprint density at radius 3 is 2.15 bits per heavy atom. The molecule has 2 N–H and O–H groups in total. The van der Waals surface area contributed by atoms with E-state index in [1.807, 2.05) is 6.07 Å². The molecule has 0 radical (unpaired) electrons. The minimum atomic E-state index is -3.81. The van der Waals surface area contributed by atoms with Gasteiger partial charge in [0.2, 0.25) is 10.0 Å². The van der Waals surface area contributed by atoms with E-state index < -0.39 is 10.0 Å². The van der Waals surface area contributed by atoms with E-state index in [-0.39, 0.29) is 10.7 Å². The van der Waals surface area contributed by atoms with Crippen molar-refractivity contribution >= 4 is 26.0 Å². The van der Waals surface area contributed by atoms with Crippen molar-refractivity contribution in [3.8, 4) is 28.5 Å². The maximum atomic E-state index is 13.2. The van der Waals surface area contributed by atoms with Crippen LogP contribution in [-0.2, 0) is 10.0 Å². The number of hydrogen-bond donors (Lipinski definition) is 1. The van der Waals surface area contributed by atoms with Gasteiger partial charge in [0.05, 0.1) is 16.2 Å². The highest BCUT2D eigenvalue weighted by Gasteiger charge is 2.15. The molecule has 0 atom stereocenters. The molecule has 0 aliphatic rings. The second kappa shape index (κ2) is 6.96. The van der Waals surface area contributed by atoms with Gasteiger partial charge in [-0.05, 0) is 64.0 Å². The van der Waals surface area contributed by atoms with Gasteiger partial charge in [0.25, 0.3) is 0 Å². The van der Waals surface area contributed by atoms with Gasteiger partial charge in [-0.3, -0.25) is 0 Å². The first-order chi connectivity index (χ1) is 12.3. The standard InChI is InChI=1S/C18H11BrFN3O2S/c19-18-13(10-21)9-16(11-3-7-15(8-4-11)26(22,24)25)17(23-18)12-1-5-14(20)6-2-12/h1-9H,(H2,22,24,25). The van der Waals surface area contributed by atoms with Crippen LogP contribution in [0.15, 0.2) is 64.1 Å². The number of nitrogens with two attached hydrogens (primary N) is 1. The second-order valence-corrected chi connectivity index (χ2v) is 7.72. The predicted molar refractivity (Wildman–Crippen MR) is 98.9 cm³/mol. The average Bonchev–Trinajstić information content (AvgIpc) is 2.61. The largest absolute Gasteiger partial charge is 0.239 e. The lowest BCUT2D eigenvalue weighted by Gasteiger charge is -2.12. The molecule has 3 aromatic rings. The zero-order valence-corrected chi connectivity index (χ0v) is 15.6. The average molecular weight is 432 g/mol. The smallest absolute Gasteiger partial charge is 0.238 e. The molecular formula is C18H11BrFN3O2S. The van der Waals surface area contributed by atoms with E-state index in [4.69, 9.17) is 5.14 Å². The first-order valence-corrected chi connectivity index (χ1v) is 9.63. The van der Waals surface area contributed by atoms with E-state index in [1.165, 1.54) is 24.3 Å². The van der Waals surface area contributed by atoms with E-state index >= 15 is 0 Å². The lowest BCUT2D eigenvalue weighted by molar-refractivity contribution is 0.598. The second-order valence-electron chi connectivity index (χ2n) is 5.41. The van der Waals surface area contributed by atoms with E-state index in [0.29, 0.717) is 32.6 Å². The van der Waals surface area contributed by atoms with E-state index in [1.54, 1.807) is 30.3 Å². The summed E-state index contributed by atoms with van der Waals surface area (Å²) in [4.78, 5) is 4.40. The number of halogens is 2. The molecule has 3 rings (SSSR count). The summed E-state index contributed by atoms with van der Waals surface area (Å²) in [5.74, 6) is -0.375. The van der Waals surface area contributed by atoms with Crippen LogP contribution in [0, 0.1) is 17.1 Å². The molecular weight excluding hydrogens is 421 g/mol. The van der Waals surface area contributed by atoms with Crippen LogP contribution in [0.1, 0.15) is 5.56 Å². The van der Waals surface area contributed by atoms with Gasteiger partial charge in [-0.1, -0.05) is 12.1 Å². The van der Waals surface area contributed by atoms with Gasteiger partial charge < -0.3 is 0 Å². The Bertz CT molecular complexity index is 1120. The minimum Gasteiger partial charge on any atom is -0.239 e. The molecule has 0 aliphatic carbocycles. The van der Waals surface area contributed by atoms with E-state index in [9.17, 15) is 18.1 Å². The number of aromatic nitrogens is 1. The SMILES string of the molecule is N#Cc1cc(-c2ccc(S(N)(=O)=O)cc2)c(-c2ccc(F)cc2)nc1Br. The normalized spacial score (nSPS) is 11.2. The summed E-state index contributed by atoms with van der Waals surface area (Å²) < 4.78 is 36.5. The molecule has 26 heavy (non-hydrogen) atoms. The van der Waals surface area contributed by atoms with E-state index in [2.05, 4.69) is 20.9 Å². The fourth-order valence-electron chi connectivity index (χ4n) is 2.44. The fraction of sp³-hybridized carbons (Fsp3) is 0. The van der Waals surface area contributed by atoms with Crippen molar-refractivity contribution in [2.45, 2.75) is 4.90 Å². The number of rotatable bonds is 3. The third kappa shape index (κ3) is 3.65. The Labute approximate surface area is 158 Å². The highest BCUT2D eigenvalue weighted by atomic mass is 79.9. The monoisotopic (exact) mass is 431 g/mol. The zero-order valence-electron chi connectivity index (χ0n) is 13.1. The predicted octanol–water partition coefficient (Wildman–Crippen LogP) is 3.84. The molecule has 0 aliphatic heterocycles. The van der Waals surface area contributed by atoms with Crippen molar-refractivity contribution < 1.29 is 12.8 Å². The summed E-state index contributed by atoms with van der Waals surface area (Å²) in [7, 11) is -3.81. The lowest BCUT2D eigenvalue weighted by atomic mass is 9.98. The Balaban J connectivity index is 2.22. The zero-order chi connectivity index (χ0) is 18.9. The number of hydrogen-bond acceptors (Lipinski definition) is 4. The van der Waals surface area contributed by atoms with E-state index in [0.717, 1.165) is 0 Å². The molecule has 1 aromatic heterocycles. The Morgan fingerprint density at radius 2 is 1.62 bits per heavy atom. The molecule has 0 amide bonds. The van der Waals surface area contributed by atoms with Gasteiger partial charge >= 0.3 is 0 Å². The van der Waals surface area contributed by atoms with Crippen molar-refractivity contribution in [1.29, 1.82) is 5.26 Å². The molecule has 0 saturated heterocycles. The number of pyridine rings is 1. The molecule has 0 spiro atoms. The molecule has 2 aromatic carbocycles. The van der Waals surface area contributed by atoms with Crippen LogP contribution in [0.25, 0.3) is 22.4 Å². The summed E-state index contributed by atoms with van der Waals surface area (Å²) in [6, 6.07) is 15.4. The van der Waals surface area contributed by atoms with Crippen molar-refractivity contribution in [2.24, 2.45) is 5.14 Å². The highest BCUT2D eigenvalue weighted by molar-refractivity contribution is 9.10. The number of nitriles is 1. The van der Waals surface area contributed by atoms with Crippen LogP contribution >= 0.6 is 15.9 Å². The molecule has 0 fully saturated rings. The van der Waals surface area contributed by atoms with Crippen LogP contribution < -0.4 is 5.14 Å². The van der Waals surface area contributed by atoms with Crippen LogP contribution in [0.5, 0.6) is 0 Å². The van der Waals surface area contributed by atoms with Crippen molar-refractivity contribution in [1.82, 2.24) is 4.98 Å². The Kier molecular flexibility index (Phi) is 4.87. The maximum absolute atomic E-state index is 13.2. The van der Waals surface area contributed by atoms with Crippen molar-refractivity contribution in [2.75, 3.05) is 0 Å². The van der Waals surface area contributed by atoms with Gasteiger partial charge in [0.1, 0.15) is 16.5 Å². The van der Waals surface area contributed by atoms with Crippen molar-refractivity contribution in [3.05, 3.63) is 70.6 Å². The van der Waals surface area contributed by atoms with Gasteiger partial charge in [0, 0.05) is 11.1 Å². The first kappa shape index (κ1) is 18.2. The summed E-state index contributed by atoms with van der Waals surface area (Å²) in [6.45, 7) is 0. The third-order valence-electron chi connectivity index (χ3n) is 3.71. The quantitative estimate of drug-likeness (QED) is 0.636. The van der Waals surface area contributed by atoms with Gasteiger partial charge in [0.15, 0.2) is 0 Å². The van der Waals surface area contributed by atoms with Gasteiger partial charge in [-0.15, -0.1) is 0 Å². The summed E-state index contributed by atoms with van der Waals surface area (Å²) >= 11 is 3.26. The molecule has 0 bridgehead atoms. The van der Waals surface area contributed by atoms with Crippen LogP contribution in [0.3, 0.4) is 0 Å².